The molecule has 31 heavy (non-hydrogen) atoms. The van der Waals surface area contributed by atoms with E-state index in [2.05, 4.69) is 9.88 Å². The molecule has 6 nitrogen and oxygen atoms in total. The first-order valence-electron chi connectivity index (χ1n) is 9.77. The lowest BCUT2D eigenvalue weighted by Gasteiger charge is -2.24. The van der Waals surface area contributed by atoms with Crippen molar-refractivity contribution in [3.63, 3.8) is 0 Å². The molecule has 0 amide bonds. The fraction of sp³-hybridized carbons (Fsp3) is 0.261. The van der Waals surface area contributed by atoms with Gasteiger partial charge in [-0.05, 0) is 42.8 Å². The standard InChI is InChI=1S/C23H24ClN3O3S/c1-16(23(28)29)31-20-8-6-17(7-9-20)15-27(12-13-30-2)21-10-11-25-22(26-21)18-4-3-5-19(24)14-18/h3-11,14,16H,12-13,15H2,1-2H3,(H,28,29). The molecule has 0 aliphatic rings. The Balaban J connectivity index is 1.79. The van der Waals surface area contributed by atoms with E-state index in [4.69, 9.17) is 26.4 Å². The van der Waals surface area contributed by atoms with E-state index in [0.29, 0.717) is 30.5 Å². The van der Waals surface area contributed by atoms with Crippen molar-refractivity contribution >= 4 is 35.1 Å². The predicted molar refractivity (Wildman–Crippen MR) is 125 cm³/mol. The zero-order valence-corrected chi connectivity index (χ0v) is 18.9. The summed E-state index contributed by atoms with van der Waals surface area (Å²) >= 11 is 7.44. The van der Waals surface area contributed by atoms with Gasteiger partial charge in [-0.15, -0.1) is 11.8 Å². The first-order valence-corrected chi connectivity index (χ1v) is 11.0. The Kier molecular flexibility index (Phi) is 8.28. The minimum absolute atomic E-state index is 0.491. The number of aromatic nitrogens is 2. The molecular weight excluding hydrogens is 434 g/mol. The normalized spacial score (nSPS) is 11.8. The van der Waals surface area contributed by atoms with Gasteiger partial charge in [0.25, 0.3) is 0 Å². The van der Waals surface area contributed by atoms with Crippen molar-refractivity contribution in [3.8, 4) is 11.4 Å². The fourth-order valence-electron chi connectivity index (χ4n) is 2.92. The number of thioether (sulfide) groups is 1. The molecule has 2 aromatic carbocycles. The Hall–Kier alpha value is -2.61. The van der Waals surface area contributed by atoms with Gasteiger partial charge in [0.15, 0.2) is 5.82 Å². The Morgan fingerprint density at radius 1 is 1.23 bits per heavy atom. The van der Waals surface area contributed by atoms with Gasteiger partial charge in [-0.3, -0.25) is 4.79 Å². The van der Waals surface area contributed by atoms with Gasteiger partial charge in [0.05, 0.1) is 6.61 Å². The molecule has 0 aliphatic heterocycles. The third-order valence-corrected chi connectivity index (χ3v) is 5.91. The van der Waals surface area contributed by atoms with E-state index in [1.807, 2.05) is 54.6 Å². The Bertz CT molecular complexity index is 1020. The van der Waals surface area contributed by atoms with Gasteiger partial charge in [-0.1, -0.05) is 35.9 Å². The van der Waals surface area contributed by atoms with Crippen LogP contribution in [0.5, 0.6) is 0 Å². The molecule has 8 heteroatoms. The number of carbonyl (C=O) groups is 1. The monoisotopic (exact) mass is 457 g/mol. The van der Waals surface area contributed by atoms with Crippen LogP contribution in [0.15, 0.2) is 65.7 Å². The van der Waals surface area contributed by atoms with Crippen molar-refractivity contribution in [1.29, 1.82) is 0 Å². The highest BCUT2D eigenvalue weighted by Gasteiger charge is 2.14. The minimum atomic E-state index is -0.820. The molecule has 162 valence electrons. The summed E-state index contributed by atoms with van der Waals surface area (Å²) in [6.07, 6.45) is 1.74. The topological polar surface area (TPSA) is 75.5 Å². The maximum Gasteiger partial charge on any atom is 0.316 e. The van der Waals surface area contributed by atoms with Crippen molar-refractivity contribution in [3.05, 3.63) is 71.4 Å². The highest BCUT2D eigenvalue weighted by atomic mass is 35.5. The second-order valence-electron chi connectivity index (χ2n) is 6.91. The third-order valence-electron chi connectivity index (χ3n) is 4.57. The highest BCUT2D eigenvalue weighted by molar-refractivity contribution is 8.00. The molecule has 0 saturated carbocycles. The van der Waals surface area contributed by atoms with Crippen molar-refractivity contribution in [2.24, 2.45) is 0 Å². The second kappa shape index (κ2) is 11.1. The molecule has 0 saturated heterocycles. The summed E-state index contributed by atoms with van der Waals surface area (Å²) in [7, 11) is 1.67. The number of ether oxygens (including phenoxy) is 1. The number of anilines is 1. The van der Waals surface area contributed by atoms with E-state index >= 15 is 0 Å². The zero-order valence-electron chi connectivity index (χ0n) is 17.4. The lowest BCUT2D eigenvalue weighted by Crippen LogP contribution is -2.27. The van der Waals surface area contributed by atoms with Gasteiger partial charge in [-0.2, -0.15) is 0 Å². The molecule has 0 bridgehead atoms. The largest absolute Gasteiger partial charge is 0.480 e. The van der Waals surface area contributed by atoms with Crippen molar-refractivity contribution in [2.75, 3.05) is 25.2 Å². The maximum absolute atomic E-state index is 11.1. The zero-order chi connectivity index (χ0) is 22.2. The predicted octanol–water partition coefficient (Wildman–Crippen LogP) is 5.02. The van der Waals surface area contributed by atoms with Crippen LogP contribution < -0.4 is 4.90 Å². The summed E-state index contributed by atoms with van der Waals surface area (Å²) in [5.41, 5.74) is 1.95. The maximum atomic E-state index is 11.1. The molecule has 0 spiro atoms. The van der Waals surface area contributed by atoms with Gasteiger partial charge in [0, 0.05) is 41.9 Å². The van der Waals surface area contributed by atoms with Crippen LogP contribution in [0.1, 0.15) is 12.5 Å². The van der Waals surface area contributed by atoms with Crippen LogP contribution in [-0.2, 0) is 16.1 Å². The number of aliphatic carboxylic acids is 1. The molecule has 1 heterocycles. The molecule has 3 aromatic rings. The average molecular weight is 458 g/mol. The van der Waals surface area contributed by atoms with E-state index < -0.39 is 11.2 Å². The number of hydrogen-bond donors (Lipinski definition) is 1. The lowest BCUT2D eigenvalue weighted by atomic mass is 10.2. The summed E-state index contributed by atoms with van der Waals surface area (Å²) in [4.78, 5) is 23.2. The van der Waals surface area contributed by atoms with E-state index in [1.165, 1.54) is 11.8 Å². The first kappa shape index (κ1) is 23.1. The molecule has 0 aliphatic carbocycles. The molecule has 1 N–H and O–H groups in total. The van der Waals surface area contributed by atoms with Crippen molar-refractivity contribution < 1.29 is 14.6 Å². The number of halogens is 1. The van der Waals surface area contributed by atoms with Gasteiger partial charge in [-0.25, -0.2) is 9.97 Å². The van der Waals surface area contributed by atoms with Crippen LogP contribution in [0, 0.1) is 0 Å². The summed E-state index contributed by atoms with van der Waals surface area (Å²) in [6.45, 7) is 3.53. The molecule has 1 unspecified atom stereocenters. The Labute approximate surface area is 191 Å². The molecule has 1 aromatic heterocycles. The first-order chi connectivity index (χ1) is 15.0. The average Bonchev–Trinajstić information content (AvgIpc) is 2.77. The number of benzene rings is 2. The number of nitrogens with zero attached hydrogens (tertiary/aromatic N) is 3. The summed E-state index contributed by atoms with van der Waals surface area (Å²) < 4.78 is 5.29. The summed E-state index contributed by atoms with van der Waals surface area (Å²) in [6, 6.07) is 17.3. The number of methoxy groups -OCH3 is 1. The fourth-order valence-corrected chi connectivity index (χ4v) is 3.91. The molecular formula is C23H24ClN3O3S. The van der Waals surface area contributed by atoms with Gasteiger partial charge in [0.1, 0.15) is 11.1 Å². The number of carboxylic acids is 1. The van der Waals surface area contributed by atoms with Crippen LogP contribution in [0.25, 0.3) is 11.4 Å². The van der Waals surface area contributed by atoms with Crippen LogP contribution in [0.2, 0.25) is 5.02 Å². The van der Waals surface area contributed by atoms with E-state index in [9.17, 15) is 4.79 Å². The van der Waals surface area contributed by atoms with Crippen molar-refractivity contribution in [1.82, 2.24) is 9.97 Å². The van der Waals surface area contributed by atoms with E-state index in [0.717, 1.165) is 21.8 Å². The summed E-state index contributed by atoms with van der Waals surface area (Å²) in [5.74, 6) is 0.580. The van der Waals surface area contributed by atoms with Gasteiger partial charge in [0.2, 0.25) is 0 Å². The highest BCUT2D eigenvalue weighted by Crippen LogP contribution is 2.25. The molecule has 0 fully saturated rings. The van der Waals surface area contributed by atoms with Crippen LogP contribution in [0.3, 0.4) is 0 Å². The number of carboxylic acid groups (broad SMARTS) is 1. The number of hydrogen-bond acceptors (Lipinski definition) is 6. The Morgan fingerprint density at radius 2 is 2.00 bits per heavy atom. The molecule has 0 radical (unpaired) electrons. The molecule has 3 rings (SSSR count). The molecule has 1 atom stereocenters. The SMILES string of the molecule is COCCN(Cc1ccc(SC(C)C(=O)O)cc1)c1ccnc(-c2cccc(Cl)c2)n1. The van der Waals surface area contributed by atoms with Crippen molar-refractivity contribution in [2.45, 2.75) is 23.6 Å². The second-order valence-corrected chi connectivity index (χ2v) is 8.76. The quantitative estimate of drug-likeness (QED) is 0.428. The van der Waals surface area contributed by atoms with Crippen LogP contribution in [0.4, 0.5) is 5.82 Å². The summed E-state index contributed by atoms with van der Waals surface area (Å²) in [5, 5.41) is 9.23. The van der Waals surface area contributed by atoms with Crippen LogP contribution in [-0.4, -0.2) is 46.6 Å². The van der Waals surface area contributed by atoms with Gasteiger partial charge >= 0.3 is 5.97 Å². The smallest absolute Gasteiger partial charge is 0.316 e. The number of rotatable bonds is 10. The Morgan fingerprint density at radius 3 is 2.68 bits per heavy atom. The minimum Gasteiger partial charge on any atom is -0.480 e. The van der Waals surface area contributed by atoms with Gasteiger partial charge < -0.3 is 14.7 Å². The van der Waals surface area contributed by atoms with Crippen LogP contribution >= 0.6 is 23.4 Å². The lowest BCUT2D eigenvalue weighted by molar-refractivity contribution is -0.136. The van der Waals surface area contributed by atoms with E-state index in [-0.39, 0.29) is 0 Å². The third kappa shape index (κ3) is 6.69. The van der Waals surface area contributed by atoms with E-state index in [1.54, 1.807) is 20.2 Å².